The fourth-order valence-electron chi connectivity index (χ4n) is 1.30. The lowest BCUT2D eigenvalue weighted by Crippen LogP contribution is -2.11. The first-order valence-corrected chi connectivity index (χ1v) is 8.61. The molecule has 0 fully saturated rings. The van der Waals surface area contributed by atoms with E-state index < -0.39 is 55.0 Å². The van der Waals surface area contributed by atoms with Crippen molar-refractivity contribution in [3.63, 3.8) is 0 Å². The first kappa shape index (κ1) is 20.4. The highest BCUT2D eigenvalue weighted by molar-refractivity contribution is 7.93. The Morgan fingerprint density at radius 2 is 1.96 bits per heavy atom. The number of aromatic nitrogens is 1. The van der Waals surface area contributed by atoms with Gasteiger partial charge in [0.1, 0.15) is 6.61 Å². The van der Waals surface area contributed by atoms with Gasteiger partial charge in [-0.1, -0.05) is 5.16 Å². The van der Waals surface area contributed by atoms with Crippen molar-refractivity contribution in [2.24, 2.45) is 5.16 Å². The van der Waals surface area contributed by atoms with E-state index in [9.17, 15) is 34.8 Å². The molecule has 0 aliphatic carbocycles. The number of alkyl halides is 3. The van der Waals surface area contributed by atoms with Gasteiger partial charge in [-0.25, -0.2) is 17.8 Å². The molecule has 0 aliphatic rings. The van der Waals surface area contributed by atoms with E-state index in [1.54, 1.807) is 0 Å². The van der Waals surface area contributed by atoms with Gasteiger partial charge in [0.2, 0.25) is 14.2 Å². The first-order valence-electron chi connectivity index (χ1n) is 6.14. The van der Waals surface area contributed by atoms with Crippen LogP contribution in [0.15, 0.2) is 21.4 Å². The molecule has 0 amide bonds. The molecular weight excluding hydrogens is 386 g/mol. The molecule has 0 saturated carbocycles. The highest BCUT2D eigenvalue weighted by Crippen LogP contribution is 2.35. The number of hydrogen-bond acceptors (Lipinski definition) is 6. The standard InChI is InChI=1S/C11H10F6N2O3S2/c1-2-22-18-5-7-8(11(15,16)17)19-10(23-7)24(20,21)4-3-6(12)9(13)14/h5H,2-4H2,1H3/b18-5+. The van der Waals surface area contributed by atoms with Crippen molar-refractivity contribution < 1.29 is 39.6 Å². The van der Waals surface area contributed by atoms with Crippen molar-refractivity contribution in [1.29, 1.82) is 0 Å². The maximum absolute atomic E-state index is 12.9. The average Bonchev–Trinajstić information content (AvgIpc) is 2.90. The molecule has 1 rings (SSSR count). The van der Waals surface area contributed by atoms with E-state index in [2.05, 4.69) is 15.0 Å². The largest absolute Gasteiger partial charge is 0.434 e. The van der Waals surface area contributed by atoms with Gasteiger partial charge < -0.3 is 4.84 Å². The van der Waals surface area contributed by atoms with Crippen LogP contribution in [0.25, 0.3) is 0 Å². The van der Waals surface area contributed by atoms with Crippen LogP contribution in [-0.2, 0) is 20.9 Å². The molecule has 0 aromatic carbocycles. The predicted molar refractivity (Wildman–Crippen MR) is 73.4 cm³/mol. The number of allylic oxidation sites excluding steroid dienone is 1. The second-order valence-corrected chi connectivity index (χ2v) is 7.39. The Morgan fingerprint density at radius 3 is 2.46 bits per heavy atom. The van der Waals surface area contributed by atoms with Gasteiger partial charge in [-0.3, -0.25) is 0 Å². The van der Waals surface area contributed by atoms with Crippen LogP contribution in [0.5, 0.6) is 0 Å². The maximum atomic E-state index is 12.9. The summed E-state index contributed by atoms with van der Waals surface area (Å²) in [5, 5.41) is 3.21. The van der Waals surface area contributed by atoms with Crippen LogP contribution in [0.2, 0.25) is 0 Å². The normalized spacial score (nSPS) is 12.6. The summed E-state index contributed by atoms with van der Waals surface area (Å²) in [6, 6.07) is 0. The lowest BCUT2D eigenvalue weighted by molar-refractivity contribution is -0.141. The molecule has 0 N–H and O–H groups in total. The second kappa shape index (κ2) is 7.96. The van der Waals surface area contributed by atoms with Crippen LogP contribution >= 0.6 is 11.3 Å². The monoisotopic (exact) mass is 396 g/mol. The van der Waals surface area contributed by atoms with Crippen LogP contribution in [-0.4, -0.2) is 32.0 Å². The zero-order valence-corrected chi connectivity index (χ0v) is 13.5. The Morgan fingerprint density at radius 1 is 1.33 bits per heavy atom. The molecule has 1 heterocycles. The topological polar surface area (TPSA) is 68.6 Å². The van der Waals surface area contributed by atoms with Crippen molar-refractivity contribution in [3.05, 3.63) is 22.5 Å². The Labute approximate surface area is 136 Å². The zero-order chi connectivity index (χ0) is 18.5. The van der Waals surface area contributed by atoms with E-state index in [1.807, 2.05) is 0 Å². The highest BCUT2D eigenvalue weighted by Gasteiger charge is 2.39. The lowest BCUT2D eigenvalue weighted by atomic mass is 10.4. The summed E-state index contributed by atoms with van der Waals surface area (Å²) in [4.78, 5) is 6.85. The molecule has 136 valence electrons. The smallest absolute Gasteiger partial charge is 0.396 e. The molecule has 0 radical (unpaired) electrons. The Hall–Kier alpha value is -1.63. The average molecular weight is 396 g/mol. The summed E-state index contributed by atoms with van der Waals surface area (Å²) in [7, 11) is -4.48. The van der Waals surface area contributed by atoms with Crippen molar-refractivity contribution in [2.75, 3.05) is 12.4 Å². The van der Waals surface area contributed by atoms with Gasteiger partial charge >= 0.3 is 12.3 Å². The van der Waals surface area contributed by atoms with E-state index in [1.165, 1.54) is 6.92 Å². The molecule has 0 atom stereocenters. The van der Waals surface area contributed by atoms with Crippen molar-refractivity contribution >= 4 is 27.4 Å². The van der Waals surface area contributed by atoms with Gasteiger partial charge in [0.25, 0.3) is 0 Å². The number of nitrogens with zero attached hydrogens (tertiary/aromatic N) is 2. The van der Waals surface area contributed by atoms with Gasteiger partial charge in [-0.15, -0.1) is 11.3 Å². The SMILES string of the molecule is CCO/N=C/c1sc(S(=O)(=O)CCC(F)=C(F)F)nc1C(F)(F)F. The molecule has 1 aromatic rings. The summed E-state index contributed by atoms with van der Waals surface area (Å²) >= 11 is 0.129. The fourth-order valence-corrected chi connectivity index (χ4v) is 3.86. The fraction of sp³-hybridized carbons (Fsp3) is 0.455. The Bertz CT molecular complexity index is 735. The molecule has 0 bridgehead atoms. The molecule has 0 spiro atoms. The highest BCUT2D eigenvalue weighted by atomic mass is 32.2. The van der Waals surface area contributed by atoms with Crippen LogP contribution in [0.4, 0.5) is 26.3 Å². The Kier molecular flexibility index (Phi) is 6.77. The number of sulfone groups is 1. The molecule has 13 heteroatoms. The molecule has 0 saturated heterocycles. The van der Waals surface area contributed by atoms with Crippen molar-refractivity contribution in [3.8, 4) is 0 Å². The quantitative estimate of drug-likeness (QED) is 0.400. The van der Waals surface area contributed by atoms with E-state index in [0.717, 1.165) is 0 Å². The lowest BCUT2D eigenvalue weighted by Gasteiger charge is -2.02. The molecule has 5 nitrogen and oxygen atoms in total. The molecule has 0 unspecified atom stereocenters. The maximum Gasteiger partial charge on any atom is 0.434 e. The van der Waals surface area contributed by atoms with Crippen LogP contribution in [0, 0.1) is 0 Å². The zero-order valence-electron chi connectivity index (χ0n) is 11.9. The van der Waals surface area contributed by atoms with Gasteiger partial charge in [0.05, 0.1) is 16.8 Å². The van der Waals surface area contributed by atoms with Crippen molar-refractivity contribution in [2.45, 2.75) is 23.9 Å². The minimum Gasteiger partial charge on any atom is -0.396 e. The summed E-state index contributed by atoms with van der Waals surface area (Å²) < 4.78 is 97.8. The third kappa shape index (κ3) is 5.47. The third-order valence-corrected chi connectivity index (χ3v) is 5.50. The first-order chi connectivity index (χ1) is 11.0. The molecule has 1 aromatic heterocycles. The predicted octanol–water partition coefficient (Wildman–Crippen LogP) is 3.77. The van der Waals surface area contributed by atoms with E-state index in [-0.39, 0.29) is 17.9 Å². The van der Waals surface area contributed by atoms with Crippen molar-refractivity contribution in [1.82, 2.24) is 4.98 Å². The number of rotatable bonds is 7. The minimum atomic E-state index is -4.96. The second-order valence-electron chi connectivity index (χ2n) is 4.08. The van der Waals surface area contributed by atoms with E-state index in [0.29, 0.717) is 6.21 Å². The van der Waals surface area contributed by atoms with Gasteiger partial charge in [0.15, 0.2) is 11.5 Å². The summed E-state index contributed by atoms with van der Waals surface area (Å²) in [5.74, 6) is -3.10. The van der Waals surface area contributed by atoms with Crippen LogP contribution in [0.1, 0.15) is 23.9 Å². The van der Waals surface area contributed by atoms with Gasteiger partial charge in [-0.2, -0.15) is 22.0 Å². The molecule has 24 heavy (non-hydrogen) atoms. The minimum absolute atomic E-state index is 0.0716. The summed E-state index contributed by atoms with van der Waals surface area (Å²) in [5.41, 5.74) is -1.51. The summed E-state index contributed by atoms with van der Waals surface area (Å²) in [6.45, 7) is 1.60. The van der Waals surface area contributed by atoms with Gasteiger partial charge in [0, 0.05) is 6.42 Å². The Balaban J connectivity index is 3.18. The number of thiazole rings is 1. The number of halogens is 6. The van der Waals surface area contributed by atoms with Crippen LogP contribution < -0.4 is 0 Å². The summed E-state index contributed by atoms with van der Waals surface area (Å²) in [6.07, 6.45) is -8.18. The van der Waals surface area contributed by atoms with Gasteiger partial charge in [-0.05, 0) is 6.92 Å². The third-order valence-electron chi connectivity index (χ3n) is 2.34. The molecular formula is C11H10F6N2O3S2. The van der Waals surface area contributed by atoms with E-state index >= 15 is 0 Å². The number of hydrogen-bond donors (Lipinski definition) is 0. The van der Waals surface area contributed by atoms with E-state index in [4.69, 9.17) is 0 Å². The number of oxime groups is 1. The van der Waals surface area contributed by atoms with Crippen LogP contribution in [0.3, 0.4) is 0 Å². The molecule has 0 aliphatic heterocycles.